The Morgan fingerprint density at radius 1 is 0.909 bits per heavy atom. The van der Waals surface area contributed by atoms with Gasteiger partial charge in [0.2, 0.25) is 11.8 Å². The van der Waals surface area contributed by atoms with E-state index >= 15 is 0 Å². The third-order valence-electron chi connectivity index (χ3n) is 8.15. The largest absolute Gasteiger partial charge is 0.446 e. The van der Waals surface area contributed by atoms with Crippen molar-refractivity contribution in [1.29, 1.82) is 0 Å². The highest BCUT2D eigenvalue weighted by Crippen LogP contribution is 2.28. The van der Waals surface area contributed by atoms with Gasteiger partial charge in [-0.2, -0.15) is 0 Å². The molecule has 9 nitrogen and oxygen atoms in total. The Hall–Kier alpha value is -4.21. The van der Waals surface area contributed by atoms with Crippen molar-refractivity contribution >= 4 is 29.3 Å². The SMILES string of the molecule is Cc1cc(NC(=O)CCCN(C)C(=O)CCN2CCC(OC(=O)Nc3ccccc3-c3ccccc3)CC2)c(C)cc1CO. The van der Waals surface area contributed by atoms with Gasteiger partial charge in [-0.15, -0.1) is 0 Å². The third-order valence-corrected chi connectivity index (χ3v) is 8.15. The molecule has 0 aromatic heterocycles. The van der Waals surface area contributed by atoms with Gasteiger partial charge >= 0.3 is 6.09 Å². The van der Waals surface area contributed by atoms with Crippen LogP contribution in [0.3, 0.4) is 0 Å². The van der Waals surface area contributed by atoms with Crippen LogP contribution in [0.4, 0.5) is 16.2 Å². The van der Waals surface area contributed by atoms with Crippen LogP contribution in [0.25, 0.3) is 11.1 Å². The number of aliphatic hydroxyl groups excluding tert-OH is 1. The minimum Gasteiger partial charge on any atom is -0.446 e. The summed E-state index contributed by atoms with van der Waals surface area (Å²) in [6.07, 6.45) is 2.10. The lowest BCUT2D eigenvalue weighted by atomic mass is 10.0. The van der Waals surface area contributed by atoms with E-state index in [2.05, 4.69) is 15.5 Å². The van der Waals surface area contributed by atoms with Gasteiger partial charge in [0.15, 0.2) is 0 Å². The van der Waals surface area contributed by atoms with Gasteiger partial charge in [0.1, 0.15) is 6.10 Å². The van der Waals surface area contributed by atoms with Crippen molar-refractivity contribution in [2.24, 2.45) is 0 Å². The van der Waals surface area contributed by atoms with Crippen LogP contribution in [0, 0.1) is 13.8 Å². The van der Waals surface area contributed by atoms with Gasteiger partial charge in [-0.25, -0.2) is 4.79 Å². The Morgan fingerprint density at radius 2 is 1.61 bits per heavy atom. The van der Waals surface area contributed by atoms with Crippen LogP contribution in [-0.2, 0) is 20.9 Å². The predicted octanol–water partition coefficient (Wildman–Crippen LogP) is 5.74. The molecule has 0 aliphatic carbocycles. The molecule has 44 heavy (non-hydrogen) atoms. The smallest absolute Gasteiger partial charge is 0.411 e. The number of aliphatic hydroxyl groups is 1. The molecule has 3 aromatic rings. The van der Waals surface area contributed by atoms with E-state index in [4.69, 9.17) is 4.74 Å². The lowest BCUT2D eigenvalue weighted by molar-refractivity contribution is -0.130. The van der Waals surface area contributed by atoms with Gasteiger partial charge in [0.05, 0.1) is 12.3 Å². The molecule has 1 saturated heterocycles. The molecule has 0 bridgehead atoms. The molecule has 0 radical (unpaired) electrons. The topological polar surface area (TPSA) is 111 Å². The van der Waals surface area contributed by atoms with Crippen molar-refractivity contribution in [3.8, 4) is 11.1 Å². The second kappa shape index (κ2) is 16.0. The van der Waals surface area contributed by atoms with E-state index in [-0.39, 0.29) is 24.5 Å². The average Bonchev–Trinajstić information content (AvgIpc) is 3.02. The Bertz CT molecular complexity index is 1420. The Balaban J connectivity index is 1.12. The minimum absolute atomic E-state index is 0.0293. The number of amides is 3. The van der Waals surface area contributed by atoms with Crippen LogP contribution in [0.15, 0.2) is 66.7 Å². The summed E-state index contributed by atoms with van der Waals surface area (Å²) in [4.78, 5) is 41.8. The molecule has 9 heteroatoms. The van der Waals surface area contributed by atoms with E-state index in [9.17, 15) is 19.5 Å². The highest BCUT2D eigenvalue weighted by Gasteiger charge is 2.23. The zero-order chi connectivity index (χ0) is 31.5. The molecular weight excluding hydrogens is 556 g/mol. The number of hydrogen-bond acceptors (Lipinski definition) is 6. The first-order valence-corrected chi connectivity index (χ1v) is 15.3. The summed E-state index contributed by atoms with van der Waals surface area (Å²) in [7, 11) is 1.77. The van der Waals surface area contributed by atoms with Gasteiger partial charge in [-0.05, 0) is 67.5 Å². The van der Waals surface area contributed by atoms with Crippen LogP contribution in [0.2, 0.25) is 0 Å². The van der Waals surface area contributed by atoms with Gasteiger partial charge in [-0.1, -0.05) is 54.6 Å². The fourth-order valence-corrected chi connectivity index (χ4v) is 5.44. The number of benzene rings is 3. The lowest BCUT2D eigenvalue weighted by Crippen LogP contribution is -2.40. The maximum Gasteiger partial charge on any atom is 0.411 e. The first-order valence-electron chi connectivity index (χ1n) is 15.3. The van der Waals surface area contributed by atoms with Crippen LogP contribution >= 0.6 is 0 Å². The van der Waals surface area contributed by atoms with E-state index in [1.807, 2.05) is 80.6 Å². The molecule has 0 atom stereocenters. The molecule has 3 N–H and O–H groups in total. The molecule has 4 rings (SSSR count). The minimum atomic E-state index is -0.456. The Labute approximate surface area is 260 Å². The standard InChI is InChI=1S/C35H44N4O5/c1-25-23-32(26(2)22-28(25)24-40)36-33(41)14-9-18-38(3)34(42)17-21-39-19-15-29(16-20-39)44-35(43)37-31-13-8-7-12-30(31)27-10-5-4-6-11-27/h4-8,10-13,22-23,29,40H,9,14-21,24H2,1-3H3,(H,36,41)(H,37,43). The second-order valence-corrected chi connectivity index (χ2v) is 11.5. The predicted molar refractivity (Wildman–Crippen MR) is 173 cm³/mol. The van der Waals surface area contributed by atoms with E-state index in [0.29, 0.717) is 50.9 Å². The molecule has 1 aliphatic heterocycles. The number of para-hydroxylation sites is 1. The second-order valence-electron chi connectivity index (χ2n) is 11.5. The Kier molecular flexibility index (Phi) is 11.9. The van der Waals surface area contributed by atoms with Crippen LogP contribution in [0.5, 0.6) is 0 Å². The molecule has 0 unspecified atom stereocenters. The highest BCUT2D eigenvalue weighted by molar-refractivity contribution is 5.92. The number of nitrogens with zero attached hydrogens (tertiary/aromatic N) is 2. The van der Waals surface area contributed by atoms with Gasteiger partial charge in [-0.3, -0.25) is 14.9 Å². The summed E-state index contributed by atoms with van der Waals surface area (Å²) in [5.74, 6) is -0.0458. The molecule has 234 valence electrons. The molecule has 1 heterocycles. The van der Waals surface area contributed by atoms with Crippen LogP contribution < -0.4 is 10.6 Å². The van der Waals surface area contributed by atoms with E-state index in [0.717, 1.165) is 46.6 Å². The van der Waals surface area contributed by atoms with E-state index in [1.54, 1.807) is 11.9 Å². The molecule has 3 aromatic carbocycles. The summed E-state index contributed by atoms with van der Waals surface area (Å²) in [5.41, 5.74) is 6.11. The van der Waals surface area contributed by atoms with Gasteiger partial charge in [0, 0.05) is 57.3 Å². The van der Waals surface area contributed by atoms with Gasteiger partial charge < -0.3 is 25.0 Å². The number of aryl methyl sites for hydroxylation is 2. The summed E-state index contributed by atoms with van der Waals surface area (Å²) < 4.78 is 5.73. The number of ether oxygens (including phenoxy) is 1. The summed E-state index contributed by atoms with van der Waals surface area (Å²) >= 11 is 0. The third kappa shape index (κ3) is 9.39. The molecule has 0 spiro atoms. The van der Waals surface area contributed by atoms with Crippen molar-refractivity contribution in [1.82, 2.24) is 9.80 Å². The zero-order valence-corrected chi connectivity index (χ0v) is 26.0. The van der Waals surface area contributed by atoms with Crippen molar-refractivity contribution in [2.45, 2.75) is 58.7 Å². The molecule has 1 fully saturated rings. The maximum absolute atomic E-state index is 12.7. The number of hydrogen-bond donors (Lipinski definition) is 3. The number of carbonyl (C=O) groups excluding carboxylic acids is 3. The van der Waals surface area contributed by atoms with Crippen molar-refractivity contribution < 1.29 is 24.2 Å². The number of likely N-dealkylation sites (tertiary alicyclic amines) is 1. The number of piperidine rings is 1. The van der Waals surface area contributed by atoms with Crippen LogP contribution in [-0.4, -0.2) is 72.1 Å². The summed E-state index contributed by atoms with van der Waals surface area (Å²) in [6, 6.07) is 21.3. The average molecular weight is 601 g/mol. The van der Waals surface area contributed by atoms with E-state index < -0.39 is 6.09 Å². The molecule has 3 amide bonds. The molecule has 1 aliphatic rings. The molecule has 0 saturated carbocycles. The molecular formula is C35H44N4O5. The number of nitrogens with one attached hydrogen (secondary N) is 2. The highest BCUT2D eigenvalue weighted by atomic mass is 16.6. The van der Waals surface area contributed by atoms with Crippen molar-refractivity contribution in [2.75, 3.05) is 43.9 Å². The fraction of sp³-hybridized carbons (Fsp3) is 0.400. The normalized spacial score (nSPS) is 13.7. The Morgan fingerprint density at radius 3 is 2.34 bits per heavy atom. The zero-order valence-electron chi connectivity index (χ0n) is 26.0. The summed E-state index contributed by atoms with van der Waals surface area (Å²) in [6.45, 7) is 6.45. The number of anilines is 2. The fourth-order valence-electron chi connectivity index (χ4n) is 5.44. The van der Waals surface area contributed by atoms with Crippen LogP contribution in [0.1, 0.15) is 48.8 Å². The monoisotopic (exact) mass is 600 g/mol. The van der Waals surface area contributed by atoms with Crippen molar-refractivity contribution in [3.63, 3.8) is 0 Å². The number of carbonyl (C=O) groups is 3. The number of rotatable bonds is 12. The summed E-state index contributed by atoms with van der Waals surface area (Å²) in [5, 5.41) is 15.3. The quantitative estimate of drug-likeness (QED) is 0.244. The van der Waals surface area contributed by atoms with E-state index in [1.165, 1.54) is 0 Å². The maximum atomic E-state index is 12.7. The van der Waals surface area contributed by atoms with Gasteiger partial charge in [0.25, 0.3) is 0 Å². The first kappa shape index (κ1) is 32.7. The first-order chi connectivity index (χ1) is 21.2. The lowest BCUT2D eigenvalue weighted by Gasteiger charge is -2.31. The van der Waals surface area contributed by atoms with Crippen molar-refractivity contribution in [3.05, 3.63) is 83.4 Å².